The maximum Gasteiger partial charge on any atom is 0.262 e. The smallest absolute Gasteiger partial charge is 0.262 e. The van der Waals surface area contributed by atoms with E-state index in [1.54, 1.807) is 30.3 Å². The van der Waals surface area contributed by atoms with Crippen molar-refractivity contribution in [2.24, 2.45) is 0 Å². The molecule has 0 fully saturated rings. The molecule has 0 aromatic heterocycles. The standard InChI is InChI=1S/C24H24N2O3/c1-16-8-13-22(18(3)14-16)29-15-23(27)25-19-9-11-20(12-10-19)26-24(28)21-7-5-4-6-17(21)2/h4-14H,15H2,1-3H3,(H,25,27)(H,26,28). The van der Waals surface area contributed by atoms with Gasteiger partial charge in [-0.3, -0.25) is 9.59 Å². The summed E-state index contributed by atoms with van der Waals surface area (Å²) in [6, 6.07) is 20.2. The van der Waals surface area contributed by atoms with Crippen LogP contribution in [0.15, 0.2) is 66.7 Å². The molecule has 0 heterocycles. The average Bonchev–Trinajstić information content (AvgIpc) is 2.69. The van der Waals surface area contributed by atoms with Crippen LogP contribution < -0.4 is 15.4 Å². The van der Waals surface area contributed by atoms with Crippen LogP contribution in [0.2, 0.25) is 0 Å². The number of benzene rings is 3. The number of ether oxygens (including phenoxy) is 1. The van der Waals surface area contributed by atoms with Gasteiger partial charge in [-0.2, -0.15) is 0 Å². The highest BCUT2D eigenvalue weighted by Gasteiger charge is 2.09. The van der Waals surface area contributed by atoms with E-state index in [0.29, 0.717) is 22.7 Å². The third kappa shape index (κ3) is 5.45. The van der Waals surface area contributed by atoms with Crippen LogP contribution in [0.5, 0.6) is 5.75 Å². The van der Waals surface area contributed by atoms with Crippen molar-refractivity contribution in [3.05, 3.63) is 89.0 Å². The Kier molecular flexibility index (Phi) is 6.29. The lowest BCUT2D eigenvalue weighted by Crippen LogP contribution is -2.20. The molecule has 2 N–H and O–H groups in total. The van der Waals surface area contributed by atoms with Gasteiger partial charge >= 0.3 is 0 Å². The lowest BCUT2D eigenvalue weighted by atomic mass is 10.1. The van der Waals surface area contributed by atoms with E-state index in [0.717, 1.165) is 16.7 Å². The highest BCUT2D eigenvalue weighted by atomic mass is 16.5. The van der Waals surface area contributed by atoms with Gasteiger partial charge in [0.2, 0.25) is 0 Å². The minimum atomic E-state index is -0.248. The van der Waals surface area contributed by atoms with Crippen molar-refractivity contribution in [3.63, 3.8) is 0 Å². The van der Waals surface area contributed by atoms with Crippen molar-refractivity contribution in [3.8, 4) is 5.75 Å². The number of anilines is 2. The number of hydrogen-bond acceptors (Lipinski definition) is 3. The lowest BCUT2D eigenvalue weighted by Gasteiger charge is -2.11. The van der Waals surface area contributed by atoms with E-state index in [4.69, 9.17) is 4.74 Å². The summed E-state index contributed by atoms with van der Waals surface area (Å²) >= 11 is 0. The van der Waals surface area contributed by atoms with Crippen LogP contribution in [0.3, 0.4) is 0 Å². The molecule has 5 nitrogen and oxygen atoms in total. The van der Waals surface area contributed by atoms with Gasteiger partial charge in [0, 0.05) is 16.9 Å². The minimum Gasteiger partial charge on any atom is -0.483 e. The Bertz CT molecular complexity index is 1030. The van der Waals surface area contributed by atoms with Crippen molar-refractivity contribution in [1.82, 2.24) is 0 Å². The first kappa shape index (κ1) is 20.1. The van der Waals surface area contributed by atoms with Gasteiger partial charge in [0.25, 0.3) is 11.8 Å². The molecular formula is C24H24N2O3. The number of carbonyl (C=O) groups excluding carboxylic acids is 2. The van der Waals surface area contributed by atoms with Crippen LogP contribution in [0.25, 0.3) is 0 Å². The second-order valence-electron chi connectivity index (χ2n) is 6.95. The number of amides is 2. The molecule has 2 amide bonds. The second-order valence-corrected chi connectivity index (χ2v) is 6.95. The normalized spacial score (nSPS) is 10.3. The van der Waals surface area contributed by atoms with Crippen molar-refractivity contribution >= 4 is 23.2 Å². The van der Waals surface area contributed by atoms with Gasteiger partial charge in [-0.1, -0.05) is 35.9 Å². The second kappa shape index (κ2) is 9.06. The molecule has 0 atom stereocenters. The maximum absolute atomic E-state index is 12.4. The number of carbonyl (C=O) groups is 2. The molecule has 0 aliphatic carbocycles. The lowest BCUT2D eigenvalue weighted by molar-refractivity contribution is -0.118. The minimum absolute atomic E-state index is 0.0737. The van der Waals surface area contributed by atoms with Crippen molar-refractivity contribution in [2.45, 2.75) is 20.8 Å². The molecule has 0 saturated carbocycles. The first-order chi connectivity index (χ1) is 13.9. The molecular weight excluding hydrogens is 364 g/mol. The molecule has 0 radical (unpaired) electrons. The highest BCUT2D eigenvalue weighted by molar-refractivity contribution is 6.05. The number of rotatable bonds is 6. The summed E-state index contributed by atoms with van der Waals surface area (Å²) in [7, 11) is 0. The Hall–Kier alpha value is -3.60. The number of aryl methyl sites for hydroxylation is 3. The van der Waals surface area contributed by atoms with E-state index in [2.05, 4.69) is 10.6 Å². The van der Waals surface area contributed by atoms with E-state index in [1.165, 1.54) is 0 Å². The molecule has 29 heavy (non-hydrogen) atoms. The number of nitrogens with one attached hydrogen (secondary N) is 2. The topological polar surface area (TPSA) is 67.4 Å². The fourth-order valence-corrected chi connectivity index (χ4v) is 2.96. The third-order valence-electron chi connectivity index (χ3n) is 4.51. The zero-order chi connectivity index (χ0) is 20.8. The molecule has 3 aromatic rings. The fraction of sp³-hybridized carbons (Fsp3) is 0.167. The van der Waals surface area contributed by atoms with Crippen LogP contribution in [0.4, 0.5) is 11.4 Å². The van der Waals surface area contributed by atoms with Gasteiger partial charge in [-0.05, 0) is 68.3 Å². The Morgan fingerprint density at radius 1 is 0.793 bits per heavy atom. The molecule has 3 aromatic carbocycles. The summed E-state index contributed by atoms with van der Waals surface area (Å²) in [5, 5.41) is 5.65. The van der Waals surface area contributed by atoms with Crippen LogP contribution in [0, 0.1) is 20.8 Å². The summed E-state index contributed by atoms with van der Waals surface area (Å²) in [4.78, 5) is 24.5. The van der Waals surface area contributed by atoms with E-state index in [1.807, 2.05) is 57.2 Å². The Morgan fingerprint density at radius 2 is 1.45 bits per heavy atom. The van der Waals surface area contributed by atoms with E-state index >= 15 is 0 Å². The van der Waals surface area contributed by atoms with Gasteiger partial charge in [-0.15, -0.1) is 0 Å². The molecule has 0 spiro atoms. The predicted octanol–water partition coefficient (Wildman–Crippen LogP) is 4.88. The molecule has 0 aliphatic heterocycles. The summed E-state index contributed by atoms with van der Waals surface area (Å²) in [5.74, 6) is 0.281. The Balaban J connectivity index is 1.54. The van der Waals surface area contributed by atoms with Crippen LogP contribution >= 0.6 is 0 Å². The molecule has 0 aliphatic rings. The Morgan fingerprint density at radius 3 is 2.10 bits per heavy atom. The van der Waals surface area contributed by atoms with Crippen molar-refractivity contribution in [1.29, 1.82) is 0 Å². The van der Waals surface area contributed by atoms with Crippen molar-refractivity contribution in [2.75, 3.05) is 17.2 Å². The predicted molar refractivity (Wildman–Crippen MR) is 116 cm³/mol. The SMILES string of the molecule is Cc1ccc(OCC(=O)Nc2ccc(NC(=O)c3ccccc3C)cc2)c(C)c1. The monoisotopic (exact) mass is 388 g/mol. The van der Waals surface area contributed by atoms with Gasteiger partial charge in [0.15, 0.2) is 6.61 Å². The summed E-state index contributed by atoms with van der Waals surface area (Å²) in [6.45, 7) is 5.78. The zero-order valence-corrected chi connectivity index (χ0v) is 16.8. The molecule has 5 heteroatoms. The van der Waals surface area contributed by atoms with E-state index in [9.17, 15) is 9.59 Å². The maximum atomic E-state index is 12.4. The van der Waals surface area contributed by atoms with Gasteiger partial charge in [0.05, 0.1) is 0 Å². The van der Waals surface area contributed by atoms with Crippen LogP contribution in [0.1, 0.15) is 27.0 Å². The molecule has 0 unspecified atom stereocenters. The van der Waals surface area contributed by atoms with Gasteiger partial charge in [-0.25, -0.2) is 0 Å². The van der Waals surface area contributed by atoms with E-state index in [-0.39, 0.29) is 18.4 Å². The van der Waals surface area contributed by atoms with Gasteiger partial charge in [0.1, 0.15) is 5.75 Å². The molecule has 0 saturated heterocycles. The molecule has 148 valence electrons. The molecule has 3 rings (SSSR count). The van der Waals surface area contributed by atoms with Crippen LogP contribution in [-0.2, 0) is 4.79 Å². The first-order valence-electron chi connectivity index (χ1n) is 9.39. The summed E-state index contributed by atoms with van der Waals surface area (Å²) in [6.07, 6.45) is 0. The zero-order valence-electron chi connectivity index (χ0n) is 16.8. The van der Waals surface area contributed by atoms with Gasteiger partial charge < -0.3 is 15.4 Å². The largest absolute Gasteiger partial charge is 0.483 e. The molecule has 0 bridgehead atoms. The third-order valence-corrected chi connectivity index (χ3v) is 4.51. The van der Waals surface area contributed by atoms with E-state index < -0.39 is 0 Å². The fourth-order valence-electron chi connectivity index (χ4n) is 2.96. The quantitative estimate of drug-likeness (QED) is 0.632. The van der Waals surface area contributed by atoms with Crippen molar-refractivity contribution < 1.29 is 14.3 Å². The summed E-state index contributed by atoms with van der Waals surface area (Å²) < 4.78 is 5.59. The number of hydrogen-bond donors (Lipinski definition) is 2. The highest BCUT2D eigenvalue weighted by Crippen LogP contribution is 2.19. The summed E-state index contributed by atoms with van der Waals surface area (Å²) in [5.41, 5.74) is 4.97. The first-order valence-corrected chi connectivity index (χ1v) is 9.39. The Labute approximate surface area is 170 Å². The van der Waals surface area contributed by atoms with Crippen LogP contribution in [-0.4, -0.2) is 18.4 Å². The average molecular weight is 388 g/mol.